The Balaban J connectivity index is 2.06. The summed E-state index contributed by atoms with van der Waals surface area (Å²) in [7, 11) is 0. The summed E-state index contributed by atoms with van der Waals surface area (Å²) in [5.41, 5.74) is -3.90. The van der Waals surface area contributed by atoms with E-state index < -0.39 is 40.7 Å². The smallest absolute Gasteiger partial charge is 0.196 e. The fourth-order valence-electron chi connectivity index (χ4n) is 4.64. The molecule has 0 aromatic carbocycles. The van der Waals surface area contributed by atoms with Gasteiger partial charge in [-0.05, 0) is 38.2 Å². The molecule has 0 aromatic rings. The van der Waals surface area contributed by atoms with Gasteiger partial charge in [0.05, 0.1) is 0 Å². The summed E-state index contributed by atoms with van der Waals surface area (Å²) < 4.78 is 31.4. The van der Waals surface area contributed by atoms with Crippen molar-refractivity contribution in [1.29, 1.82) is 0 Å². The zero-order valence-corrected chi connectivity index (χ0v) is 13.6. The van der Waals surface area contributed by atoms with E-state index in [1.807, 2.05) is 0 Å². The van der Waals surface area contributed by atoms with E-state index in [0.29, 0.717) is 24.8 Å². The number of carbonyl (C=O) groups is 2. The maximum absolute atomic E-state index is 15.8. The highest BCUT2D eigenvalue weighted by molar-refractivity contribution is 6.07. The Bertz CT molecular complexity index is 663. The average molecular weight is 332 g/mol. The minimum absolute atomic E-state index is 0.00397. The number of carbonyl (C=O) groups excluding carboxylic acids is 2. The number of allylic oxidation sites excluding steroid dienone is 6. The predicted molar refractivity (Wildman–Crippen MR) is 88.9 cm³/mol. The van der Waals surface area contributed by atoms with Gasteiger partial charge >= 0.3 is 0 Å². The van der Waals surface area contributed by atoms with E-state index in [-0.39, 0.29) is 12.8 Å². The molecule has 1 saturated carbocycles. The monoisotopic (exact) mass is 332 g/mol. The minimum atomic E-state index is -2.13. The second-order valence-electron chi connectivity index (χ2n) is 6.99. The Morgan fingerprint density at radius 1 is 1.12 bits per heavy atom. The van der Waals surface area contributed by atoms with Gasteiger partial charge in [-0.25, -0.2) is 8.78 Å². The van der Waals surface area contributed by atoms with E-state index in [2.05, 4.69) is 13.2 Å². The SMILES string of the molecule is C=CCC[C@]1(F)C(=O)C=C[C@H]2C3=CC[C@@H]([C@H]21)[C@](F)(CCC=C)C3=O. The highest BCUT2D eigenvalue weighted by Crippen LogP contribution is 2.58. The number of halogens is 2. The van der Waals surface area contributed by atoms with Crippen LogP contribution < -0.4 is 0 Å². The van der Waals surface area contributed by atoms with Crippen molar-refractivity contribution in [2.45, 2.75) is 43.4 Å². The first kappa shape index (κ1) is 17.0. The molecule has 24 heavy (non-hydrogen) atoms. The summed E-state index contributed by atoms with van der Waals surface area (Å²) in [6.45, 7) is 7.17. The lowest BCUT2D eigenvalue weighted by Crippen LogP contribution is -2.63. The third-order valence-corrected chi connectivity index (χ3v) is 5.82. The van der Waals surface area contributed by atoms with Crippen LogP contribution in [0.4, 0.5) is 8.78 Å². The summed E-state index contributed by atoms with van der Waals surface area (Å²) in [6.07, 6.45) is 8.63. The van der Waals surface area contributed by atoms with Crippen LogP contribution in [-0.4, -0.2) is 22.9 Å². The van der Waals surface area contributed by atoms with Crippen LogP contribution in [0.3, 0.4) is 0 Å². The van der Waals surface area contributed by atoms with E-state index in [0.717, 1.165) is 0 Å². The van der Waals surface area contributed by atoms with Crippen molar-refractivity contribution in [2.24, 2.45) is 17.8 Å². The summed E-state index contributed by atoms with van der Waals surface area (Å²) >= 11 is 0. The summed E-state index contributed by atoms with van der Waals surface area (Å²) in [6, 6.07) is 0. The normalized spacial score (nSPS) is 40.2. The van der Waals surface area contributed by atoms with E-state index in [1.54, 1.807) is 24.3 Å². The van der Waals surface area contributed by atoms with Gasteiger partial charge in [-0.1, -0.05) is 24.3 Å². The van der Waals surface area contributed by atoms with Crippen molar-refractivity contribution in [3.63, 3.8) is 0 Å². The van der Waals surface area contributed by atoms with Gasteiger partial charge in [0.15, 0.2) is 22.9 Å². The van der Waals surface area contributed by atoms with Crippen LogP contribution in [0, 0.1) is 17.8 Å². The number of alkyl halides is 2. The molecule has 0 heterocycles. The molecule has 2 bridgehead atoms. The zero-order valence-electron chi connectivity index (χ0n) is 13.6. The van der Waals surface area contributed by atoms with E-state index >= 15 is 8.78 Å². The van der Waals surface area contributed by atoms with Crippen LogP contribution in [0.15, 0.2) is 49.1 Å². The molecule has 2 nitrogen and oxygen atoms in total. The average Bonchev–Trinajstić information content (AvgIpc) is 2.58. The molecule has 0 aromatic heterocycles. The topological polar surface area (TPSA) is 34.1 Å². The van der Waals surface area contributed by atoms with Gasteiger partial charge in [0.25, 0.3) is 0 Å². The van der Waals surface area contributed by atoms with E-state index in [1.165, 1.54) is 6.08 Å². The fourth-order valence-corrected chi connectivity index (χ4v) is 4.64. The number of rotatable bonds is 6. The fraction of sp³-hybridized carbons (Fsp3) is 0.500. The van der Waals surface area contributed by atoms with E-state index in [9.17, 15) is 9.59 Å². The molecule has 4 rings (SSSR count). The van der Waals surface area contributed by atoms with Gasteiger partial charge in [0.1, 0.15) is 0 Å². The van der Waals surface area contributed by atoms with Crippen molar-refractivity contribution in [1.82, 2.24) is 0 Å². The highest BCUT2D eigenvalue weighted by atomic mass is 19.1. The number of ketones is 2. The van der Waals surface area contributed by atoms with Gasteiger partial charge in [0, 0.05) is 23.3 Å². The second kappa shape index (κ2) is 5.91. The number of fused-ring (bicyclic) bond motifs is 2. The highest BCUT2D eigenvalue weighted by Gasteiger charge is 2.66. The molecular formula is C20H22F2O2. The largest absolute Gasteiger partial charge is 0.291 e. The van der Waals surface area contributed by atoms with Crippen molar-refractivity contribution in [3.05, 3.63) is 49.1 Å². The summed E-state index contributed by atoms with van der Waals surface area (Å²) in [5.74, 6) is -3.28. The molecule has 4 aliphatic rings. The molecule has 4 aliphatic carbocycles. The third kappa shape index (κ3) is 2.19. The molecule has 0 unspecified atom stereocenters. The standard InChI is InChI=1S/C20H22F2O2/c1-3-5-11-19(21)15-9-7-14(18(19)24)13-8-10-16(23)20(22,17(13)15)12-6-4-2/h3-4,7-8,10,13,15,17H,1-2,5-6,9,11-12H2/t13-,15-,17-,19+,20-/m0/s1. The molecule has 128 valence electrons. The quantitative estimate of drug-likeness (QED) is 0.682. The van der Waals surface area contributed by atoms with Crippen molar-refractivity contribution >= 4 is 11.6 Å². The molecule has 0 amide bonds. The number of hydrogen-bond acceptors (Lipinski definition) is 2. The molecule has 0 aliphatic heterocycles. The summed E-state index contributed by atoms with van der Waals surface area (Å²) in [5, 5.41) is 0. The van der Waals surface area contributed by atoms with Crippen LogP contribution in [0.25, 0.3) is 0 Å². The van der Waals surface area contributed by atoms with Gasteiger partial charge in [-0.2, -0.15) is 0 Å². The van der Waals surface area contributed by atoms with Gasteiger partial charge in [0.2, 0.25) is 0 Å². The van der Waals surface area contributed by atoms with E-state index in [4.69, 9.17) is 0 Å². The van der Waals surface area contributed by atoms with Crippen molar-refractivity contribution < 1.29 is 18.4 Å². The second-order valence-corrected chi connectivity index (χ2v) is 6.99. The van der Waals surface area contributed by atoms with Crippen LogP contribution in [0.1, 0.15) is 32.1 Å². The number of hydrogen-bond donors (Lipinski definition) is 0. The molecule has 5 atom stereocenters. The van der Waals surface area contributed by atoms with Crippen LogP contribution in [0.5, 0.6) is 0 Å². The van der Waals surface area contributed by atoms with Gasteiger partial charge < -0.3 is 0 Å². The maximum Gasteiger partial charge on any atom is 0.196 e. The Morgan fingerprint density at radius 3 is 2.38 bits per heavy atom. The van der Waals surface area contributed by atoms with Crippen LogP contribution in [-0.2, 0) is 9.59 Å². The van der Waals surface area contributed by atoms with Crippen LogP contribution >= 0.6 is 0 Å². The lowest BCUT2D eigenvalue weighted by molar-refractivity contribution is -0.154. The van der Waals surface area contributed by atoms with Gasteiger partial charge in [-0.3, -0.25) is 9.59 Å². The zero-order chi connectivity index (χ0) is 17.5. The predicted octanol–water partition coefficient (Wildman–Crippen LogP) is 4.24. The maximum atomic E-state index is 15.8. The molecule has 0 saturated heterocycles. The molecule has 1 fully saturated rings. The first-order valence-electron chi connectivity index (χ1n) is 8.47. The van der Waals surface area contributed by atoms with Crippen molar-refractivity contribution in [2.75, 3.05) is 0 Å². The first-order chi connectivity index (χ1) is 11.4. The lowest BCUT2D eigenvalue weighted by Gasteiger charge is -2.54. The summed E-state index contributed by atoms with van der Waals surface area (Å²) in [4.78, 5) is 25.0. The molecule has 0 N–H and O–H groups in total. The van der Waals surface area contributed by atoms with Crippen molar-refractivity contribution in [3.8, 4) is 0 Å². The Kier molecular flexibility index (Phi) is 4.18. The molecule has 4 heteroatoms. The molecule has 0 spiro atoms. The Labute approximate surface area is 141 Å². The lowest BCUT2D eigenvalue weighted by atomic mass is 9.50. The molecule has 0 radical (unpaired) electrons. The van der Waals surface area contributed by atoms with Gasteiger partial charge in [-0.15, -0.1) is 13.2 Å². The Morgan fingerprint density at radius 2 is 1.75 bits per heavy atom. The first-order valence-corrected chi connectivity index (χ1v) is 8.47. The minimum Gasteiger partial charge on any atom is -0.291 e. The molecular weight excluding hydrogens is 310 g/mol. The third-order valence-electron chi connectivity index (χ3n) is 5.82. The van der Waals surface area contributed by atoms with Crippen LogP contribution in [0.2, 0.25) is 0 Å². The number of Topliss-reactive ketones (excluding diaryl/α,β-unsaturated/α-hetero) is 1. The Hall–Kier alpha value is -1.84.